The van der Waals surface area contributed by atoms with Crippen molar-refractivity contribution >= 4 is 17.4 Å². The number of ether oxygens (including phenoxy) is 1. The highest BCUT2D eigenvalue weighted by Crippen LogP contribution is 2.20. The van der Waals surface area contributed by atoms with E-state index in [1.54, 1.807) is 7.11 Å². The predicted octanol–water partition coefficient (Wildman–Crippen LogP) is 3.41. The number of methoxy groups -OCH3 is 1. The topological polar surface area (TPSA) is 37.4 Å². The molecule has 114 valence electrons. The summed E-state index contributed by atoms with van der Waals surface area (Å²) in [6.07, 6.45) is 2.23. The van der Waals surface area contributed by atoms with Crippen molar-refractivity contribution in [2.24, 2.45) is 0 Å². The van der Waals surface area contributed by atoms with Crippen molar-refractivity contribution in [2.45, 2.75) is 39.3 Å². The molecular formula is C15H26ClN3O. The number of nitrogens with zero attached hydrogens (tertiary/aromatic N) is 2. The van der Waals surface area contributed by atoms with Gasteiger partial charge in [0.05, 0.1) is 17.3 Å². The average molecular weight is 300 g/mol. The summed E-state index contributed by atoms with van der Waals surface area (Å²) < 4.78 is 5.22. The number of hydrogen-bond donors (Lipinski definition) is 1. The van der Waals surface area contributed by atoms with Gasteiger partial charge < -0.3 is 10.1 Å². The van der Waals surface area contributed by atoms with E-state index in [4.69, 9.17) is 16.3 Å². The number of pyridine rings is 1. The summed E-state index contributed by atoms with van der Waals surface area (Å²) in [6, 6.07) is 4.32. The largest absolute Gasteiger partial charge is 0.383 e. The smallest absolute Gasteiger partial charge is 0.126 e. The third-order valence-electron chi connectivity index (χ3n) is 3.57. The van der Waals surface area contributed by atoms with Crippen LogP contribution < -0.4 is 5.32 Å². The molecule has 0 atom stereocenters. The zero-order valence-corrected chi connectivity index (χ0v) is 13.7. The van der Waals surface area contributed by atoms with Crippen molar-refractivity contribution in [1.29, 1.82) is 0 Å². The number of halogens is 1. The summed E-state index contributed by atoms with van der Waals surface area (Å²) in [5, 5.41) is 3.78. The molecule has 0 aromatic carbocycles. The van der Waals surface area contributed by atoms with E-state index in [-0.39, 0.29) is 0 Å². The quantitative estimate of drug-likeness (QED) is 0.758. The first-order valence-electron chi connectivity index (χ1n) is 7.22. The molecule has 4 nitrogen and oxygen atoms in total. The molecule has 1 heterocycles. The Kier molecular flexibility index (Phi) is 7.88. The van der Waals surface area contributed by atoms with Crippen LogP contribution >= 0.6 is 11.6 Å². The predicted molar refractivity (Wildman–Crippen MR) is 85.4 cm³/mol. The molecule has 0 saturated carbocycles. The first kappa shape index (κ1) is 17.2. The van der Waals surface area contributed by atoms with E-state index in [9.17, 15) is 0 Å². The van der Waals surface area contributed by atoms with E-state index in [0.29, 0.717) is 6.04 Å². The van der Waals surface area contributed by atoms with Crippen LogP contribution in [0.1, 0.15) is 32.4 Å². The van der Waals surface area contributed by atoms with Gasteiger partial charge in [-0.15, -0.1) is 0 Å². The molecule has 0 amide bonds. The van der Waals surface area contributed by atoms with Gasteiger partial charge in [-0.2, -0.15) is 0 Å². The molecule has 0 saturated heterocycles. The van der Waals surface area contributed by atoms with Crippen molar-refractivity contribution in [1.82, 2.24) is 9.88 Å². The molecule has 0 bridgehead atoms. The minimum absolute atomic E-state index is 0.529. The van der Waals surface area contributed by atoms with Crippen LogP contribution in [-0.2, 0) is 11.3 Å². The highest BCUT2D eigenvalue weighted by molar-refractivity contribution is 6.31. The van der Waals surface area contributed by atoms with Crippen LogP contribution in [0.15, 0.2) is 12.1 Å². The molecule has 1 aromatic heterocycles. The maximum atomic E-state index is 6.27. The Morgan fingerprint density at radius 1 is 1.35 bits per heavy atom. The van der Waals surface area contributed by atoms with Gasteiger partial charge in [0.25, 0.3) is 0 Å². The van der Waals surface area contributed by atoms with Crippen LogP contribution in [-0.4, -0.2) is 43.2 Å². The second-order valence-electron chi connectivity index (χ2n) is 4.81. The zero-order chi connectivity index (χ0) is 15.0. The van der Waals surface area contributed by atoms with Gasteiger partial charge in [0, 0.05) is 33.3 Å². The van der Waals surface area contributed by atoms with Crippen molar-refractivity contribution in [3.05, 3.63) is 22.8 Å². The number of rotatable bonds is 9. The van der Waals surface area contributed by atoms with Crippen molar-refractivity contribution < 1.29 is 4.74 Å². The lowest BCUT2D eigenvalue weighted by atomic mass is 10.1. The fraction of sp³-hybridized carbons (Fsp3) is 0.667. The highest BCUT2D eigenvalue weighted by Gasteiger charge is 2.17. The lowest BCUT2D eigenvalue weighted by Crippen LogP contribution is -2.36. The van der Waals surface area contributed by atoms with Crippen LogP contribution in [0, 0.1) is 0 Å². The molecule has 0 unspecified atom stereocenters. The first-order chi connectivity index (χ1) is 9.65. The molecule has 20 heavy (non-hydrogen) atoms. The minimum atomic E-state index is 0.529. The number of aromatic nitrogens is 1. The fourth-order valence-corrected chi connectivity index (χ4v) is 2.50. The van der Waals surface area contributed by atoms with Gasteiger partial charge in [0.1, 0.15) is 5.82 Å². The molecule has 0 aliphatic heterocycles. The van der Waals surface area contributed by atoms with E-state index >= 15 is 0 Å². The van der Waals surface area contributed by atoms with E-state index in [1.807, 2.05) is 19.2 Å². The van der Waals surface area contributed by atoms with Crippen LogP contribution in [0.4, 0.5) is 5.82 Å². The van der Waals surface area contributed by atoms with Gasteiger partial charge in [-0.05, 0) is 25.0 Å². The molecule has 0 fully saturated rings. The van der Waals surface area contributed by atoms with Gasteiger partial charge >= 0.3 is 0 Å². The Morgan fingerprint density at radius 3 is 2.60 bits per heavy atom. The Hall–Kier alpha value is -0.840. The van der Waals surface area contributed by atoms with E-state index in [1.165, 1.54) is 0 Å². The minimum Gasteiger partial charge on any atom is -0.383 e. The molecule has 0 aliphatic carbocycles. The Labute approximate surface area is 127 Å². The van der Waals surface area contributed by atoms with Gasteiger partial charge in [0.15, 0.2) is 0 Å². The first-order valence-corrected chi connectivity index (χ1v) is 7.60. The van der Waals surface area contributed by atoms with Crippen molar-refractivity contribution in [2.75, 3.05) is 32.6 Å². The summed E-state index contributed by atoms with van der Waals surface area (Å²) in [7, 11) is 3.60. The molecule has 1 N–H and O–H groups in total. The third kappa shape index (κ3) is 4.93. The number of anilines is 1. The van der Waals surface area contributed by atoms with Gasteiger partial charge in [-0.3, -0.25) is 4.90 Å². The zero-order valence-electron chi connectivity index (χ0n) is 12.9. The second-order valence-corrected chi connectivity index (χ2v) is 5.22. The van der Waals surface area contributed by atoms with Crippen molar-refractivity contribution in [3.8, 4) is 0 Å². The molecular weight excluding hydrogens is 274 g/mol. The molecule has 5 heteroatoms. The van der Waals surface area contributed by atoms with Crippen LogP contribution in [0.5, 0.6) is 0 Å². The summed E-state index contributed by atoms with van der Waals surface area (Å²) in [4.78, 5) is 6.96. The summed E-state index contributed by atoms with van der Waals surface area (Å²) in [5.74, 6) is 0.848. The summed E-state index contributed by atoms with van der Waals surface area (Å²) >= 11 is 6.27. The van der Waals surface area contributed by atoms with E-state index < -0.39 is 0 Å². The Balaban J connectivity index is 2.87. The van der Waals surface area contributed by atoms with Crippen LogP contribution in [0.2, 0.25) is 5.02 Å². The fourth-order valence-electron chi connectivity index (χ4n) is 2.33. The highest BCUT2D eigenvalue weighted by atomic mass is 35.5. The third-order valence-corrected chi connectivity index (χ3v) is 3.91. The number of nitrogens with one attached hydrogen (secondary N) is 1. The lowest BCUT2D eigenvalue weighted by Gasteiger charge is -2.30. The summed E-state index contributed by atoms with van der Waals surface area (Å²) in [6.45, 7) is 6.80. The molecule has 0 spiro atoms. The lowest BCUT2D eigenvalue weighted by molar-refractivity contribution is 0.109. The van der Waals surface area contributed by atoms with Gasteiger partial charge in [0.2, 0.25) is 0 Å². The summed E-state index contributed by atoms with van der Waals surface area (Å²) in [5.41, 5.74) is 0.918. The molecule has 1 aromatic rings. The van der Waals surface area contributed by atoms with Gasteiger partial charge in [-0.25, -0.2) is 4.98 Å². The maximum Gasteiger partial charge on any atom is 0.126 e. The molecule has 0 radical (unpaired) electrons. The molecule has 1 rings (SSSR count). The number of hydrogen-bond acceptors (Lipinski definition) is 4. The van der Waals surface area contributed by atoms with E-state index in [0.717, 1.165) is 49.1 Å². The standard InChI is InChI=1S/C15H26ClN3O/c1-5-12(6-2)19(9-10-20-4)11-14-13(16)7-8-15(17-3)18-14/h7-8,12H,5-6,9-11H2,1-4H3,(H,17,18). The second kappa shape index (κ2) is 9.16. The van der Waals surface area contributed by atoms with Crippen LogP contribution in [0.25, 0.3) is 0 Å². The Morgan fingerprint density at radius 2 is 2.05 bits per heavy atom. The normalized spacial score (nSPS) is 11.3. The monoisotopic (exact) mass is 299 g/mol. The Bertz CT molecular complexity index is 397. The maximum absolute atomic E-state index is 6.27. The SMILES string of the molecule is CCC(CC)N(CCOC)Cc1nc(NC)ccc1Cl. The molecule has 0 aliphatic rings. The van der Waals surface area contributed by atoms with Crippen LogP contribution in [0.3, 0.4) is 0 Å². The average Bonchev–Trinajstić information content (AvgIpc) is 2.47. The van der Waals surface area contributed by atoms with E-state index in [2.05, 4.69) is 29.0 Å². The van der Waals surface area contributed by atoms with Crippen molar-refractivity contribution in [3.63, 3.8) is 0 Å². The van der Waals surface area contributed by atoms with Gasteiger partial charge in [-0.1, -0.05) is 25.4 Å².